The topological polar surface area (TPSA) is 87.3 Å². The van der Waals surface area contributed by atoms with Gasteiger partial charge in [0, 0.05) is 24.2 Å². The molecule has 0 aromatic heterocycles. The van der Waals surface area contributed by atoms with Crippen LogP contribution >= 0.6 is 0 Å². The molecule has 0 bridgehead atoms. The Morgan fingerprint density at radius 3 is 2.57 bits per heavy atom. The van der Waals surface area contributed by atoms with Gasteiger partial charge in [0.15, 0.2) is 0 Å². The molecule has 23 heavy (non-hydrogen) atoms. The minimum atomic E-state index is -0.303. The molecule has 0 aliphatic heterocycles. The van der Waals surface area contributed by atoms with Crippen molar-refractivity contribution in [1.82, 2.24) is 10.6 Å². The summed E-state index contributed by atoms with van der Waals surface area (Å²) in [5.74, 6) is -0.526. The van der Waals surface area contributed by atoms with Crippen LogP contribution in [0, 0.1) is 5.92 Å². The van der Waals surface area contributed by atoms with Crippen LogP contribution < -0.4 is 16.0 Å². The van der Waals surface area contributed by atoms with Crippen LogP contribution in [0.15, 0.2) is 24.3 Å². The summed E-state index contributed by atoms with van der Waals surface area (Å²) < 4.78 is 0. The summed E-state index contributed by atoms with van der Waals surface area (Å²) in [5.41, 5.74) is 1.000. The molecule has 1 aromatic carbocycles. The molecular formula is C17H23N3O3. The Kier molecular flexibility index (Phi) is 6.14. The van der Waals surface area contributed by atoms with Gasteiger partial charge in [-0.1, -0.05) is 25.3 Å². The minimum Gasteiger partial charge on any atom is -0.355 e. The molecule has 0 saturated heterocycles. The van der Waals surface area contributed by atoms with E-state index in [9.17, 15) is 14.4 Å². The van der Waals surface area contributed by atoms with Crippen LogP contribution in [0.1, 0.15) is 42.5 Å². The van der Waals surface area contributed by atoms with Crippen LogP contribution in [0.2, 0.25) is 0 Å². The van der Waals surface area contributed by atoms with Gasteiger partial charge in [-0.2, -0.15) is 0 Å². The Morgan fingerprint density at radius 2 is 1.87 bits per heavy atom. The molecular weight excluding hydrogens is 294 g/mol. The van der Waals surface area contributed by atoms with E-state index in [-0.39, 0.29) is 30.2 Å². The maximum absolute atomic E-state index is 12.0. The fraction of sp³-hybridized carbons (Fsp3) is 0.471. The Labute approximate surface area is 136 Å². The number of rotatable bonds is 5. The number of carbonyl (C=O) groups excluding carboxylic acids is 3. The molecule has 1 aromatic rings. The molecule has 1 aliphatic carbocycles. The Bertz CT molecular complexity index is 580. The Balaban J connectivity index is 1.82. The molecule has 3 N–H and O–H groups in total. The highest BCUT2D eigenvalue weighted by molar-refractivity contribution is 5.98. The Morgan fingerprint density at radius 1 is 1.13 bits per heavy atom. The summed E-state index contributed by atoms with van der Waals surface area (Å²) in [4.78, 5) is 35.5. The summed E-state index contributed by atoms with van der Waals surface area (Å²) in [5, 5.41) is 7.91. The van der Waals surface area contributed by atoms with E-state index in [4.69, 9.17) is 0 Å². The number of anilines is 1. The van der Waals surface area contributed by atoms with Gasteiger partial charge < -0.3 is 16.0 Å². The molecule has 124 valence electrons. The standard InChI is InChI=1S/C17H23N3O3/c1-18-16(22)13-8-5-9-14(10-13)20-15(21)11-19-17(23)12-6-3-2-4-7-12/h5,8-10,12H,2-4,6-7,11H2,1H3,(H,18,22)(H,19,23)(H,20,21). The van der Waals surface area contributed by atoms with Crippen molar-refractivity contribution in [3.63, 3.8) is 0 Å². The molecule has 0 radical (unpaired) electrons. The van der Waals surface area contributed by atoms with Crippen LogP contribution in [0.5, 0.6) is 0 Å². The molecule has 3 amide bonds. The highest BCUT2D eigenvalue weighted by atomic mass is 16.2. The third-order valence-electron chi connectivity index (χ3n) is 4.03. The first-order chi connectivity index (χ1) is 11.1. The molecule has 2 rings (SSSR count). The van der Waals surface area contributed by atoms with Gasteiger partial charge in [0.25, 0.3) is 5.91 Å². The van der Waals surface area contributed by atoms with E-state index in [1.807, 2.05) is 0 Å². The SMILES string of the molecule is CNC(=O)c1cccc(NC(=O)CNC(=O)C2CCCCC2)c1. The van der Waals surface area contributed by atoms with Crippen molar-refractivity contribution in [3.8, 4) is 0 Å². The second-order valence-electron chi connectivity index (χ2n) is 5.76. The molecule has 0 heterocycles. The largest absolute Gasteiger partial charge is 0.355 e. The number of nitrogens with one attached hydrogen (secondary N) is 3. The summed E-state index contributed by atoms with van der Waals surface area (Å²) in [6.07, 6.45) is 5.16. The van der Waals surface area contributed by atoms with Gasteiger partial charge in [-0.3, -0.25) is 14.4 Å². The van der Waals surface area contributed by atoms with Gasteiger partial charge in [-0.05, 0) is 31.0 Å². The van der Waals surface area contributed by atoms with E-state index >= 15 is 0 Å². The molecule has 1 saturated carbocycles. The van der Waals surface area contributed by atoms with Crippen molar-refractivity contribution in [2.24, 2.45) is 5.92 Å². The molecule has 1 aliphatic rings. The zero-order valence-corrected chi connectivity index (χ0v) is 13.4. The third-order valence-corrected chi connectivity index (χ3v) is 4.03. The summed E-state index contributed by atoms with van der Waals surface area (Å²) in [6, 6.07) is 6.66. The van der Waals surface area contributed by atoms with Crippen molar-refractivity contribution in [2.45, 2.75) is 32.1 Å². The first-order valence-electron chi connectivity index (χ1n) is 8.00. The smallest absolute Gasteiger partial charge is 0.251 e. The second-order valence-corrected chi connectivity index (χ2v) is 5.76. The average Bonchev–Trinajstić information content (AvgIpc) is 2.60. The van der Waals surface area contributed by atoms with Crippen LogP contribution in [0.25, 0.3) is 0 Å². The first kappa shape index (κ1) is 17.0. The number of amides is 3. The quantitative estimate of drug-likeness (QED) is 0.772. The second kappa shape index (κ2) is 8.31. The zero-order valence-electron chi connectivity index (χ0n) is 13.4. The molecule has 0 atom stereocenters. The lowest BCUT2D eigenvalue weighted by atomic mass is 9.89. The van der Waals surface area contributed by atoms with Crippen LogP contribution in [0.3, 0.4) is 0 Å². The lowest BCUT2D eigenvalue weighted by Gasteiger charge is -2.20. The maximum Gasteiger partial charge on any atom is 0.251 e. The number of benzene rings is 1. The highest BCUT2D eigenvalue weighted by Gasteiger charge is 2.21. The van der Waals surface area contributed by atoms with Gasteiger partial charge in [-0.25, -0.2) is 0 Å². The summed E-state index contributed by atoms with van der Waals surface area (Å²) in [7, 11) is 1.55. The Hall–Kier alpha value is -2.37. The van der Waals surface area contributed by atoms with Crippen molar-refractivity contribution >= 4 is 23.4 Å². The van der Waals surface area contributed by atoms with Crippen molar-refractivity contribution in [1.29, 1.82) is 0 Å². The predicted molar refractivity (Wildman–Crippen MR) is 88.0 cm³/mol. The van der Waals surface area contributed by atoms with Crippen LogP contribution in [0.4, 0.5) is 5.69 Å². The number of carbonyl (C=O) groups is 3. The number of hydrogen-bond donors (Lipinski definition) is 3. The molecule has 6 heteroatoms. The van der Waals surface area contributed by atoms with E-state index in [0.29, 0.717) is 11.3 Å². The lowest BCUT2D eigenvalue weighted by molar-refractivity contribution is -0.128. The fourth-order valence-corrected chi connectivity index (χ4v) is 2.76. The van der Waals surface area contributed by atoms with Crippen LogP contribution in [-0.2, 0) is 9.59 Å². The maximum atomic E-state index is 12.0. The minimum absolute atomic E-state index is 0.0353. The molecule has 0 unspecified atom stereocenters. The third kappa shape index (κ3) is 5.09. The zero-order chi connectivity index (χ0) is 16.7. The van der Waals surface area contributed by atoms with E-state index in [1.165, 1.54) is 6.42 Å². The predicted octanol–water partition coefficient (Wildman–Crippen LogP) is 1.68. The number of hydrogen-bond acceptors (Lipinski definition) is 3. The van der Waals surface area contributed by atoms with E-state index in [0.717, 1.165) is 25.7 Å². The van der Waals surface area contributed by atoms with Gasteiger partial charge in [-0.15, -0.1) is 0 Å². The molecule has 0 spiro atoms. The lowest BCUT2D eigenvalue weighted by Crippen LogP contribution is -2.37. The van der Waals surface area contributed by atoms with E-state index in [1.54, 1.807) is 31.3 Å². The monoisotopic (exact) mass is 317 g/mol. The fourth-order valence-electron chi connectivity index (χ4n) is 2.76. The van der Waals surface area contributed by atoms with Gasteiger partial charge in [0.05, 0.1) is 6.54 Å². The summed E-state index contributed by atoms with van der Waals surface area (Å²) in [6.45, 7) is -0.0560. The van der Waals surface area contributed by atoms with E-state index in [2.05, 4.69) is 16.0 Å². The molecule has 6 nitrogen and oxygen atoms in total. The van der Waals surface area contributed by atoms with Gasteiger partial charge >= 0.3 is 0 Å². The average molecular weight is 317 g/mol. The van der Waals surface area contributed by atoms with Crippen molar-refractivity contribution in [3.05, 3.63) is 29.8 Å². The van der Waals surface area contributed by atoms with E-state index < -0.39 is 0 Å². The normalized spacial score (nSPS) is 14.8. The first-order valence-corrected chi connectivity index (χ1v) is 8.00. The molecule has 1 fully saturated rings. The van der Waals surface area contributed by atoms with Crippen molar-refractivity contribution < 1.29 is 14.4 Å². The highest BCUT2D eigenvalue weighted by Crippen LogP contribution is 2.23. The van der Waals surface area contributed by atoms with Crippen molar-refractivity contribution in [2.75, 3.05) is 18.9 Å². The van der Waals surface area contributed by atoms with Crippen LogP contribution in [-0.4, -0.2) is 31.3 Å². The summed E-state index contributed by atoms with van der Waals surface area (Å²) >= 11 is 0. The van der Waals surface area contributed by atoms with Gasteiger partial charge in [0.2, 0.25) is 11.8 Å². The van der Waals surface area contributed by atoms with Gasteiger partial charge in [0.1, 0.15) is 0 Å².